The van der Waals surface area contributed by atoms with Gasteiger partial charge in [0.15, 0.2) is 11.6 Å². The molecule has 0 unspecified atom stereocenters. The van der Waals surface area contributed by atoms with Crippen LogP contribution in [-0.4, -0.2) is 26.4 Å². The smallest absolute Gasteiger partial charge is 0.256 e. The number of nitrogens with zero attached hydrogens (tertiary/aromatic N) is 2. The zero-order valence-electron chi connectivity index (χ0n) is 17.8. The van der Waals surface area contributed by atoms with E-state index < -0.39 is 0 Å². The normalized spacial score (nSPS) is 14.0. The van der Waals surface area contributed by atoms with Crippen LogP contribution in [0.4, 0.5) is 0 Å². The Bertz CT molecular complexity index is 1500. The minimum Gasteiger partial charge on any atom is -0.461 e. The van der Waals surface area contributed by atoms with Gasteiger partial charge in [-0.1, -0.05) is 41.9 Å². The lowest BCUT2D eigenvalue weighted by atomic mass is 10.0. The van der Waals surface area contributed by atoms with Crippen LogP contribution in [0.1, 0.15) is 16.8 Å². The molecule has 7 heteroatoms. The highest BCUT2D eigenvalue weighted by Gasteiger charge is 2.24. The molecule has 0 saturated heterocycles. The van der Waals surface area contributed by atoms with Gasteiger partial charge in [0, 0.05) is 42.0 Å². The monoisotopic (exact) mass is 456 g/mol. The number of hydrogen-bond acceptors (Lipinski definition) is 4. The van der Waals surface area contributed by atoms with Crippen molar-refractivity contribution < 1.29 is 4.42 Å². The molecule has 164 valence electrons. The van der Waals surface area contributed by atoms with Gasteiger partial charge in [0.2, 0.25) is 0 Å². The number of nitrogens with one attached hydrogen (secondary N) is 2. The standard InChI is InChI=1S/C26H21ClN4O2/c27-17-9-7-16(8-10-17)24-19(18-4-1-2-5-21(18)28-24)14-31-12-11-22-20(15-31)26(32)30-25(29-22)23-6-3-13-33-23/h1-10,13,28H,11-12,14-15H2,(H,29,30,32). The zero-order chi connectivity index (χ0) is 22.4. The summed E-state index contributed by atoms with van der Waals surface area (Å²) in [4.78, 5) is 26.3. The van der Waals surface area contributed by atoms with E-state index in [1.165, 1.54) is 10.9 Å². The van der Waals surface area contributed by atoms with Crippen molar-refractivity contribution in [3.8, 4) is 22.8 Å². The number of rotatable bonds is 4. The van der Waals surface area contributed by atoms with Crippen molar-refractivity contribution in [1.29, 1.82) is 0 Å². The molecule has 33 heavy (non-hydrogen) atoms. The van der Waals surface area contributed by atoms with Crippen molar-refractivity contribution in [3.05, 3.63) is 99.1 Å². The number of H-pyrrole nitrogens is 2. The Hall–Kier alpha value is -3.61. The van der Waals surface area contributed by atoms with Gasteiger partial charge in [0.25, 0.3) is 5.56 Å². The fourth-order valence-corrected chi connectivity index (χ4v) is 4.72. The number of aromatic nitrogens is 3. The van der Waals surface area contributed by atoms with Gasteiger partial charge in [-0.25, -0.2) is 4.98 Å². The topological polar surface area (TPSA) is 77.9 Å². The third-order valence-electron chi connectivity index (χ3n) is 6.23. The first-order valence-electron chi connectivity index (χ1n) is 10.9. The molecule has 1 aliphatic heterocycles. The summed E-state index contributed by atoms with van der Waals surface area (Å²) in [6, 6.07) is 19.8. The number of benzene rings is 2. The largest absolute Gasteiger partial charge is 0.461 e. The van der Waals surface area contributed by atoms with E-state index >= 15 is 0 Å². The van der Waals surface area contributed by atoms with Gasteiger partial charge in [-0.15, -0.1) is 0 Å². The maximum absolute atomic E-state index is 12.9. The number of halogens is 1. The van der Waals surface area contributed by atoms with Crippen LogP contribution in [0.2, 0.25) is 5.02 Å². The first-order chi connectivity index (χ1) is 16.2. The minimum atomic E-state index is -0.104. The second-order valence-corrected chi connectivity index (χ2v) is 8.75. The SMILES string of the molecule is O=c1[nH]c(-c2ccco2)nc2c1CN(Cc1c(-c3ccc(Cl)cc3)[nH]c3ccccc13)CC2. The third-order valence-corrected chi connectivity index (χ3v) is 6.48. The lowest BCUT2D eigenvalue weighted by Crippen LogP contribution is -2.35. The van der Waals surface area contributed by atoms with Crippen molar-refractivity contribution in [2.75, 3.05) is 6.54 Å². The van der Waals surface area contributed by atoms with E-state index in [0.717, 1.165) is 41.1 Å². The molecule has 0 saturated carbocycles. The molecule has 3 aromatic heterocycles. The molecule has 0 amide bonds. The van der Waals surface area contributed by atoms with Crippen molar-refractivity contribution >= 4 is 22.5 Å². The van der Waals surface area contributed by atoms with Crippen LogP contribution in [0.25, 0.3) is 33.7 Å². The summed E-state index contributed by atoms with van der Waals surface area (Å²) in [6.45, 7) is 2.09. The highest BCUT2D eigenvalue weighted by Crippen LogP contribution is 2.33. The molecule has 2 aromatic carbocycles. The summed E-state index contributed by atoms with van der Waals surface area (Å²) in [7, 11) is 0. The molecular formula is C26H21ClN4O2. The molecule has 0 atom stereocenters. The molecule has 4 heterocycles. The van der Waals surface area contributed by atoms with Crippen LogP contribution in [0.5, 0.6) is 0 Å². The maximum atomic E-state index is 12.9. The number of fused-ring (bicyclic) bond motifs is 2. The molecular weight excluding hydrogens is 436 g/mol. The summed E-state index contributed by atoms with van der Waals surface area (Å²) in [5, 5.41) is 1.90. The first-order valence-corrected chi connectivity index (χ1v) is 11.3. The summed E-state index contributed by atoms with van der Waals surface area (Å²) < 4.78 is 5.41. The number of aromatic amines is 2. The van der Waals surface area contributed by atoms with Gasteiger partial charge in [-0.3, -0.25) is 9.69 Å². The molecule has 5 aromatic rings. The lowest BCUT2D eigenvalue weighted by molar-refractivity contribution is 0.243. The molecule has 0 radical (unpaired) electrons. The fourth-order valence-electron chi connectivity index (χ4n) is 4.60. The van der Waals surface area contributed by atoms with E-state index in [1.807, 2.05) is 30.3 Å². The Kier molecular flexibility index (Phi) is 4.89. The van der Waals surface area contributed by atoms with Gasteiger partial charge < -0.3 is 14.4 Å². The van der Waals surface area contributed by atoms with E-state index in [9.17, 15) is 4.79 Å². The van der Waals surface area contributed by atoms with E-state index in [2.05, 4.69) is 38.1 Å². The van der Waals surface area contributed by atoms with E-state index in [4.69, 9.17) is 16.0 Å². The molecule has 6 nitrogen and oxygen atoms in total. The van der Waals surface area contributed by atoms with Crippen LogP contribution in [0.15, 0.2) is 76.1 Å². The Morgan fingerprint density at radius 2 is 1.88 bits per heavy atom. The number of hydrogen-bond donors (Lipinski definition) is 2. The van der Waals surface area contributed by atoms with Crippen molar-refractivity contribution in [2.45, 2.75) is 19.5 Å². The Morgan fingerprint density at radius 3 is 2.70 bits per heavy atom. The predicted molar refractivity (Wildman–Crippen MR) is 129 cm³/mol. The highest BCUT2D eigenvalue weighted by molar-refractivity contribution is 6.30. The van der Waals surface area contributed by atoms with Gasteiger partial charge in [-0.05, 0) is 41.5 Å². The second-order valence-electron chi connectivity index (χ2n) is 8.31. The van der Waals surface area contributed by atoms with Crippen molar-refractivity contribution in [3.63, 3.8) is 0 Å². The predicted octanol–water partition coefficient (Wildman–Crippen LogP) is 5.39. The van der Waals surface area contributed by atoms with E-state index in [1.54, 1.807) is 18.4 Å². The Balaban J connectivity index is 1.35. The van der Waals surface area contributed by atoms with Crippen molar-refractivity contribution in [2.24, 2.45) is 0 Å². The molecule has 1 aliphatic rings. The molecule has 2 N–H and O–H groups in total. The minimum absolute atomic E-state index is 0.104. The van der Waals surface area contributed by atoms with Gasteiger partial charge in [0.05, 0.1) is 23.2 Å². The van der Waals surface area contributed by atoms with E-state index in [-0.39, 0.29) is 5.56 Å². The van der Waals surface area contributed by atoms with Crippen LogP contribution >= 0.6 is 11.6 Å². The average Bonchev–Trinajstić information content (AvgIpc) is 3.49. The number of para-hydroxylation sites is 1. The van der Waals surface area contributed by atoms with Crippen LogP contribution < -0.4 is 5.56 Å². The number of furan rings is 1. The average molecular weight is 457 g/mol. The molecule has 0 spiro atoms. The highest BCUT2D eigenvalue weighted by atomic mass is 35.5. The van der Waals surface area contributed by atoms with E-state index in [0.29, 0.717) is 29.6 Å². The zero-order valence-corrected chi connectivity index (χ0v) is 18.5. The van der Waals surface area contributed by atoms with Crippen LogP contribution in [0.3, 0.4) is 0 Å². The maximum Gasteiger partial charge on any atom is 0.256 e. The van der Waals surface area contributed by atoms with Crippen LogP contribution in [0, 0.1) is 0 Å². The van der Waals surface area contributed by atoms with Crippen LogP contribution in [-0.2, 0) is 19.5 Å². The van der Waals surface area contributed by atoms with Crippen molar-refractivity contribution in [1.82, 2.24) is 19.9 Å². The Morgan fingerprint density at radius 1 is 1.03 bits per heavy atom. The van der Waals surface area contributed by atoms with Gasteiger partial charge >= 0.3 is 0 Å². The molecule has 0 fully saturated rings. The summed E-state index contributed by atoms with van der Waals surface area (Å²) in [5.41, 5.74) is 5.95. The second kappa shape index (κ2) is 8.06. The summed E-state index contributed by atoms with van der Waals surface area (Å²) in [5.74, 6) is 1.06. The van der Waals surface area contributed by atoms with Gasteiger partial charge in [-0.2, -0.15) is 0 Å². The molecule has 0 bridgehead atoms. The Labute approximate surface area is 194 Å². The van der Waals surface area contributed by atoms with Gasteiger partial charge in [0.1, 0.15) is 0 Å². The fraction of sp³-hybridized carbons (Fsp3) is 0.154. The first kappa shape index (κ1) is 20.0. The molecule has 0 aliphatic carbocycles. The molecule has 6 rings (SSSR count). The lowest BCUT2D eigenvalue weighted by Gasteiger charge is -2.28. The summed E-state index contributed by atoms with van der Waals surface area (Å²) >= 11 is 6.12. The summed E-state index contributed by atoms with van der Waals surface area (Å²) in [6.07, 6.45) is 2.29. The third kappa shape index (κ3) is 3.67. The quantitative estimate of drug-likeness (QED) is 0.380.